The number of aryl methyl sites for hydroxylation is 1. The van der Waals surface area contributed by atoms with Crippen LogP contribution >= 0.6 is 23.2 Å². The lowest BCUT2D eigenvalue weighted by molar-refractivity contribution is 0.575. The van der Waals surface area contributed by atoms with Crippen molar-refractivity contribution in [3.63, 3.8) is 0 Å². The molecular formula is C11H12Cl2N4. The summed E-state index contributed by atoms with van der Waals surface area (Å²) in [6.07, 6.45) is 1.58. The predicted molar refractivity (Wildman–Crippen MR) is 68.8 cm³/mol. The first-order valence-corrected chi connectivity index (χ1v) is 5.78. The van der Waals surface area contributed by atoms with E-state index in [0.717, 1.165) is 11.3 Å². The minimum Gasteiger partial charge on any atom is -0.271 e. The van der Waals surface area contributed by atoms with Crippen molar-refractivity contribution in [2.75, 3.05) is 0 Å². The van der Waals surface area contributed by atoms with Gasteiger partial charge < -0.3 is 0 Å². The number of hydrogen-bond acceptors (Lipinski definition) is 3. The first-order valence-electron chi connectivity index (χ1n) is 5.03. The van der Waals surface area contributed by atoms with E-state index in [0.29, 0.717) is 10.0 Å². The number of halogens is 2. The van der Waals surface area contributed by atoms with Crippen molar-refractivity contribution >= 4 is 23.2 Å². The summed E-state index contributed by atoms with van der Waals surface area (Å²) in [5.74, 6) is 5.59. The second kappa shape index (κ2) is 5.06. The fourth-order valence-corrected chi connectivity index (χ4v) is 2.29. The van der Waals surface area contributed by atoms with Crippen molar-refractivity contribution in [2.24, 2.45) is 12.9 Å². The van der Waals surface area contributed by atoms with E-state index in [-0.39, 0.29) is 6.04 Å². The van der Waals surface area contributed by atoms with Gasteiger partial charge in [0, 0.05) is 12.1 Å². The van der Waals surface area contributed by atoms with E-state index < -0.39 is 0 Å². The highest BCUT2D eigenvalue weighted by Gasteiger charge is 2.21. The molecule has 1 heterocycles. The van der Waals surface area contributed by atoms with Gasteiger partial charge in [-0.25, -0.2) is 5.43 Å². The molecule has 1 aromatic heterocycles. The van der Waals surface area contributed by atoms with Crippen LogP contribution in [0, 0.1) is 0 Å². The Labute approximate surface area is 109 Å². The Hall–Kier alpha value is -1.07. The minimum atomic E-state index is -0.288. The highest BCUT2D eigenvalue weighted by atomic mass is 35.5. The smallest absolute Gasteiger partial charge is 0.0907 e. The number of hydrazine groups is 1. The van der Waals surface area contributed by atoms with Gasteiger partial charge in [0.25, 0.3) is 0 Å². The quantitative estimate of drug-likeness (QED) is 0.665. The number of aromatic nitrogens is 2. The van der Waals surface area contributed by atoms with Crippen molar-refractivity contribution in [2.45, 2.75) is 6.04 Å². The standard InChI is InChI=1S/C11H12Cl2N4/c1-17-11(9(13)6-15-17)10(16-14)7-4-2-3-5-8(7)12/h2-6,10,16H,14H2,1H3. The number of nitrogens with two attached hydrogens (primary N) is 1. The van der Waals surface area contributed by atoms with E-state index >= 15 is 0 Å². The lowest BCUT2D eigenvalue weighted by atomic mass is 10.0. The lowest BCUT2D eigenvalue weighted by Gasteiger charge is -2.18. The molecule has 0 bridgehead atoms. The molecule has 0 saturated carbocycles. The van der Waals surface area contributed by atoms with Crippen LogP contribution in [-0.4, -0.2) is 9.78 Å². The molecule has 0 aliphatic heterocycles. The summed E-state index contributed by atoms with van der Waals surface area (Å²) >= 11 is 12.2. The molecule has 0 spiro atoms. The molecule has 1 atom stereocenters. The van der Waals surface area contributed by atoms with Gasteiger partial charge in [-0.3, -0.25) is 10.5 Å². The Kier molecular flexibility index (Phi) is 3.69. The maximum atomic E-state index is 6.15. The summed E-state index contributed by atoms with van der Waals surface area (Å²) in [6, 6.07) is 7.19. The van der Waals surface area contributed by atoms with Crippen LogP contribution < -0.4 is 11.3 Å². The maximum Gasteiger partial charge on any atom is 0.0907 e. The van der Waals surface area contributed by atoms with E-state index in [4.69, 9.17) is 29.0 Å². The summed E-state index contributed by atoms with van der Waals surface area (Å²) in [5, 5.41) is 5.27. The molecule has 6 heteroatoms. The monoisotopic (exact) mass is 270 g/mol. The van der Waals surface area contributed by atoms with Crippen molar-refractivity contribution in [1.29, 1.82) is 0 Å². The van der Waals surface area contributed by atoms with Crippen LogP contribution in [-0.2, 0) is 7.05 Å². The van der Waals surface area contributed by atoms with Gasteiger partial charge in [-0.1, -0.05) is 41.4 Å². The van der Waals surface area contributed by atoms with Crippen molar-refractivity contribution in [1.82, 2.24) is 15.2 Å². The third-order valence-electron chi connectivity index (χ3n) is 2.59. The Morgan fingerprint density at radius 3 is 2.53 bits per heavy atom. The first kappa shape index (κ1) is 12.4. The summed E-state index contributed by atoms with van der Waals surface area (Å²) in [5.41, 5.74) is 4.36. The Morgan fingerprint density at radius 2 is 2.00 bits per heavy atom. The molecule has 3 N–H and O–H groups in total. The van der Waals surface area contributed by atoms with E-state index in [1.54, 1.807) is 10.9 Å². The molecule has 2 aromatic rings. The molecule has 1 aromatic carbocycles. The molecule has 1 unspecified atom stereocenters. The van der Waals surface area contributed by atoms with Gasteiger partial charge in [-0.05, 0) is 11.6 Å². The number of benzene rings is 1. The van der Waals surface area contributed by atoms with Gasteiger partial charge in [0.2, 0.25) is 0 Å². The van der Waals surface area contributed by atoms with Crippen molar-refractivity contribution < 1.29 is 0 Å². The van der Waals surface area contributed by atoms with E-state index in [2.05, 4.69) is 10.5 Å². The zero-order valence-electron chi connectivity index (χ0n) is 9.19. The SMILES string of the molecule is Cn1ncc(Cl)c1C(NN)c1ccccc1Cl. The molecule has 0 aliphatic rings. The van der Waals surface area contributed by atoms with Crippen molar-refractivity contribution in [3.8, 4) is 0 Å². The van der Waals surface area contributed by atoms with E-state index in [1.165, 1.54) is 0 Å². The summed E-state index contributed by atoms with van der Waals surface area (Å²) < 4.78 is 1.68. The van der Waals surface area contributed by atoms with Crippen LogP contribution in [0.15, 0.2) is 30.5 Å². The number of nitrogens with zero attached hydrogens (tertiary/aromatic N) is 2. The average molecular weight is 271 g/mol. The molecule has 2 rings (SSSR count). The molecule has 0 amide bonds. The van der Waals surface area contributed by atoms with Crippen molar-refractivity contribution in [3.05, 3.63) is 51.8 Å². The van der Waals surface area contributed by atoms with Crippen LogP contribution in [0.4, 0.5) is 0 Å². The summed E-state index contributed by atoms with van der Waals surface area (Å²) in [7, 11) is 1.81. The Bertz CT molecular complexity index is 504. The van der Waals surface area contributed by atoms with E-state index in [9.17, 15) is 0 Å². The third-order valence-corrected chi connectivity index (χ3v) is 3.23. The average Bonchev–Trinajstić information content (AvgIpc) is 2.64. The fraction of sp³-hybridized carbons (Fsp3) is 0.182. The van der Waals surface area contributed by atoms with Crippen LogP contribution in [0.5, 0.6) is 0 Å². The van der Waals surface area contributed by atoms with Crippen LogP contribution in [0.3, 0.4) is 0 Å². The Balaban J connectivity index is 2.52. The fourth-order valence-electron chi connectivity index (χ4n) is 1.77. The molecule has 17 heavy (non-hydrogen) atoms. The Morgan fingerprint density at radius 1 is 1.29 bits per heavy atom. The molecule has 4 nitrogen and oxygen atoms in total. The van der Waals surface area contributed by atoms with E-state index in [1.807, 2.05) is 31.3 Å². The topological polar surface area (TPSA) is 55.9 Å². The molecule has 0 radical (unpaired) electrons. The van der Waals surface area contributed by atoms with Gasteiger partial charge >= 0.3 is 0 Å². The molecule has 0 saturated heterocycles. The molecule has 90 valence electrons. The first-order chi connectivity index (χ1) is 8.15. The largest absolute Gasteiger partial charge is 0.271 e. The molecule has 0 fully saturated rings. The third kappa shape index (κ3) is 2.30. The highest BCUT2D eigenvalue weighted by Crippen LogP contribution is 2.31. The van der Waals surface area contributed by atoms with Gasteiger partial charge in [0.1, 0.15) is 0 Å². The summed E-state index contributed by atoms with van der Waals surface area (Å²) in [4.78, 5) is 0. The van der Waals surface area contributed by atoms with Gasteiger partial charge in [-0.15, -0.1) is 0 Å². The normalized spacial score (nSPS) is 12.7. The van der Waals surface area contributed by atoms with Gasteiger partial charge in [0.05, 0.1) is 23.0 Å². The zero-order chi connectivity index (χ0) is 12.4. The molecule has 0 aliphatic carbocycles. The lowest BCUT2D eigenvalue weighted by Crippen LogP contribution is -2.30. The second-order valence-electron chi connectivity index (χ2n) is 3.62. The minimum absolute atomic E-state index is 0.288. The van der Waals surface area contributed by atoms with Crippen LogP contribution in [0.25, 0.3) is 0 Å². The zero-order valence-corrected chi connectivity index (χ0v) is 10.7. The maximum absolute atomic E-state index is 6.15. The summed E-state index contributed by atoms with van der Waals surface area (Å²) in [6.45, 7) is 0. The van der Waals surface area contributed by atoms with Crippen LogP contribution in [0.1, 0.15) is 17.3 Å². The van der Waals surface area contributed by atoms with Gasteiger partial charge in [-0.2, -0.15) is 5.10 Å². The van der Waals surface area contributed by atoms with Gasteiger partial charge in [0.15, 0.2) is 0 Å². The number of nitrogens with one attached hydrogen (secondary N) is 1. The number of rotatable bonds is 3. The highest BCUT2D eigenvalue weighted by molar-refractivity contribution is 6.32. The predicted octanol–water partition coefficient (Wildman–Crippen LogP) is 2.28. The molecular weight excluding hydrogens is 259 g/mol. The van der Waals surface area contributed by atoms with Crippen LogP contribution in [0.2, 0.25) is 10.0 Å². The number of hydrogen-bond donors (Lipinski definition) is 2. The second-order valence-corrected chi connectivity index (χ2v) is 4.44.